The third-order valence-electron chi connectivity index (χ3n) is 6.15. The Balaban J connectivity index is 1.46. The van der Waals surface area contributed by atoms with Gasteiger partial charge >= 0.3 is 0 Å². The molecule has 0 spiro atoms. The average Bonchev–Trinajstić information content (AvgIpc) is 3.53. The standard InChI is InChI=1S/C22H22N8O2/c23-20(31)17-3-1-6-29(17)14-9-16-19-18(10-14)32-8-2-7-30(19)22(27-16)15-5-4-13(11-24-15)21-25-12-26-28-21/h4-5,9-12,17H,1-3,6-8H2,(H2,23,31)(H,25,26,28)/t17-/m0/s1. The molecule has 3 aromatic heterocycles. The van der Waals surface area contributed by atoms with E-state index in [9.17, 15) is 4.79 Å². The summed E-state index contributed by atoms with van der Waals surface area (Å²) in [6, 6.07) is 7.62. The second-order valence-corrected chi connectivity index (χ2v) is 8.11. The van der Waals surface area contributed by atoms with Crippen LogP contribution in [0.25, 0.3) is 33.9 Å². The molecule has 32 heavy (non-hydrogen) atoms. The number of ether oxygens (including phenoxy) is 1. The van der Waals surface area contributed by atoms with Crippen molar-refractivity contribution in [1.29, 1.82) is 0 Å². The molecule has 0 radical (unpaired) electrons. The van der Waals surface area contributed by atoms with Gasteiger partial charge in [-0.15, -0.1) is 0 Å². The number of nitrogens with two attached hydrogens (primary N) is 1. The number of amides is 1. The Morgan fingerprint density at radius 1 is 1.19 bits per heavy atom. The summed E-state index contributed by atoms with van der Waals surface area (Å²) in [4.78, 5) is 27.7. The molecule has 1 atom stereocenters. The van der Waals surface area contributed by atoms with Crippen molar-refractivity contribution < 1.29 is 9.53 Å². The lowest BCUT2D eigenvalue weighted by molar-refractivity contribution is -0.119. The molecule has 0 unspecified atom stereocenters. The molecular weight excluding hydrogens is 408 g/mol. The van der Waals surface area contributed by atoms with Crippen molar-refractivity contribution in [1.82, 2.24) is 29.7 Å². The largest absolute Gasteiger partial charge is 0.491 e. The van der Waals surface area contributed by atoms with E-state index in [1.54, 1.807) is 12.5 Å². The molecular formula is C22H22N8O2. The minimum Gasteiger partial charge on any atom is -0.491 e. The molecule has 1 amide bonds. The van der Waals surface area contributed by atoms with Gasteiger partial charge < -0.3 is 19.9 Å². The van der Waals surface area contributed by atoms with Gasteiger partial charge in [-0.05, 0) is 37.5 Å². The highest BCUT2D eigenvalue weighted by Crippen LogP contribution is 2.38. The number of nitrogens with one attached hydrogen (secondary N) is 1. The number of imidazole rings is 1. The fourth-order valence-corrected chi connectivity index (χ4v) is 4.69. The van der Waals surface area contributed by atoms with Crippen molar-refractivity contribution in [2.24, 2.45) is 5.73 Å². The van der Waals surface area contributed by atoms with Crippen LogP contribution in [0.1, 0.15) is 19.3 Å². The monoisotopic (exact) mass is 430 g/mol. The van der Waals surface area contributed by atoms with Gasteiger partial charge in [0.1, 0.15) is 29.3 Å². The Labute approximate surface area is 183 Å². The van der Waals surface area contributed by atoms with Crippen molar-refractivity contribution in [3.05, 3.63) is 36.8 Å². The number of hydrogen-bond donors (Lipinski definition) is 2. The van der Waals surface area contributed by atoms with E-state index in [-0.39, 0.29) is 11.9 Å². The minimum atomic E-state index is -0.295. The van der Waals surface area contributed by atoms with Crippen LogP contribution in [0, 0.1) is 0 Å². The molecule has 1 saturated heterocycles. The first-order valence-electron chi connectivity index (χ1n) is 10.7. The molecule has 0 bridgehead atoms. The maximum Gasteiger partial charge on any atom is 0.240 e. The summed E-state index contributed by atoms with van der Waals surface area (Å²) in [7, 11) is 0. The number of carbonyl (C=O) groups is 1. The number of nitrogens with zero attached hydrogens (tertiary/aromatic N) is 6. The average molecular weight is 430 g/mol. The van der Waals surface area contributed by atoms with E-state index in [0.717, 1.165) is 71.9 Å². The lowest BCUT2D eigenvalue weighted by Crippen LogP contribution is -2.40. The fourth-order valence-electron chi connectivity index (χ4n) is 4.69. The van der Waals surface area contributed by atoms with Crippen LogP contribution < -0.4 is 15.4 Å². The van der Waals surface area contributed by atoms with E-state index in [1.165, 1.54) is 0 Å². The lowest BCUT2D eigenvalue weighted by atomic mass is 10.2. The minimum absolute atomic E-state index is 0.295. The highest BCUT2D eigenvalue weighted by Gasteiger charge is 2.31. The van der Waals surface area contributed by atoms with Gasteiger partial charge in [-0.3, -0.25) is 14.9 Å². The van der Waals surface area contributed by atoms with Crippen LogP contribution in [0.15, 0.2) is 36.8 Å². The summed E-state index contributed by atoms with van der Waals surface area (Å²) in [6.45, 7) is 2.20. The second kappa shape index (κ2) is 7.33. The number of carbonyl (C=O) groups excluding carboxylic acids is 1. The third kappa shape index (κ3) is 2.98. The number of hydrogen-bond acceptors (Lipinski definition) is 7. The zero-order valence-electron chi connectivity index (χ0n) is 17.4. The highest BCUT2D eigenvalue weighted by atomic mass is 16.5. The Morgan fingerprint density at radius 2 is 2.12 bits per heavy atom. The van der Waals surface area contributed by atoms with Crippen molar-refractivity contribution in [2.75, 3.05) is 18.1 Å². The normalized spacial score (nSPS) is 18.0. The van der Waals surface area contributed by atoms with Crippen molar-refractivity contribution in [3.8, 4) is 28.7 Å². The van der Waals surface area contributed by atoms with Crippen LogP contribution in [-0.4, -0.2) is 54.8 Å². The molecule has 10 nitrogen and oxygen atoms in total. The summed E-state index contributed by atoms with van der Waals surface area (Å²) in [6.07, 6.45) is 5.87. The third-order valence-corrected chi connectivity index (χ3v) is 6.15. The van der Waals surface area contributed by atoms with Gasteiger partial charge in [0.2, 0.25) is 5.91 Å². The first kappa shape index (κ1) is 18.8. The summed E-state index contributed by atoms with van der Waals surface area (Å²) in [5.41, 5.74) is 9.94. The van der Waals surface area contributed by atoms with E-state index in [4.69, 9.17) is 15.5 Å². The first-order valence-corrected chi connectivity index (χ1v) is 10.7. The van der Waals surface area contributed by atoms with E-state index in [2.05, 4.69) is 29.6 Å². The molecule has 5 heterocycles. The Bertz CT molecular complexity index is 1300. The molecule has 0 aliphatic carbocycles. The van der Waals surface area contributed by atoms with Gasteiger partial charge in [0, 0.05) is 36.6 Å². The first-order chi connectivity index (χ1) is 15.7. The van der Waals surface area contributed by atoms with E-state index >= 15 is 0 Å². The molecule has 3 N–H and O–H groups in total. The number of benzene rings is 1. The zero-order chi connectivity index (χ0) is 21.7. The van der Waals surface area contributed by atoms with Crippen LogP contribution in [0.5, 0.6) is 5.75 Å². The maximum atomic E-state index is 11.9. The molecule has 6 rings (SSSR count). The van der Waals surface area contributed by atoms with Crippen molar-refractivity contribution in [2.45, 2.75) is 31.8 Å². The number of aromatic nitrogens is 6. The van der Waals surface area contributed by atoms with E-state index in [1.807, 2.05) is 24.3 Å². The molecule has 10 heteroatoms. The van der Waals surface area contributed by atoms with Crippen LogP contribution in [0.3, 0.4) is 0 Å². The quantitative estimate of drug-likeness (QED) is 0.507. The highest BCUT2D eigenvalue weighted by molar-refractivity contribution is 5.91. The molecule has 4 aromatic rings. The molecule has 162 valence electrons. The van der Waals surface area contributed by atoms with Gasteiger partial charge in [0.25, 0.3) is 0 Å². The number of pyridine rings is 1. The summed E-state index contributed by atoms with van der Waals surface area (Å²) >= 11 is 0. The lowest BCUT2D eigenvalue weighted by Gasteiger charge is -2.25. The number of rotatable bonds is 4. The predicted octanol–water partition coefficient (Wildman–Crippen LogP) is 2.12. The topological polar surface area (TPSA) is 128 Å². The van der Waals surface area contributed by atoms with Crippen molar-refractivity contribution >= 4 is 22.6 Å². The van der Waals surface area contributed by atoms with Crippen LogP contribution in [0.4, 0.5) is 5.69 Å². The smallest absolute Gasteiger partial charge is 0.240 e. The molecule has 1 aromatic carbocycles. The number of aromatic amines is 1. The molecule has 2 aliphatic heterocycles. The van der Waals surface area contributed by atoms with E-state index in [0.29, 0.717) is 12.4 Å². The van der Waals surface area contributed by atoms with Crippen LogP contribution >= 0.6 is 0 Å². The SMILES string of the molecule is NC(=O)[C@@H]1CCCN1c1cc2c3c(c1)nc(-c1ccc(-c4nc[nH]n4)cn1)n3CCCO2. The summed E-state index contributed by atoms with van der Waals surface area (Å²) < 4.78 is 8.26. The van der Waals surface area contributed by atoms with Crippen LogP contribution in [-0.2, 0) is 11.3 Å². The van der Waals surface area contributed by atoms with Crippen molar-refractivity contribution in [3.63, 3.8) is 0 Å². The molecule has 1 fully saturated rings. The Hall–Kier alpha value is -3.95. The predicted molar refractivity (Wildman–Crippen MR) is 118 cm³/mol. The molecule has 2 aliphatic rings. The van der Waals surface area contributed by atoms with Crippen LogP contribution in [0.2, 0.25) is 0 Å². The maximum absolute atomic E-state index is 11.9. The van der Waals surface area contributed by atoms with Gasteiger partial charge in [-0.2, -0.15) is 5.10 Å². The zero-order valence-corrected chi connectivity index (χ0v) is 17.4. The second-order valence-electron chi connectivity index (χ2n) is 8.11. The van der Waals surface area contributed by atoms with Gasteiger partial charge in [-0.1, -0.05) is 0 Å². The summed E-state index contributed by atoms with van der Waals surface area (Å²) in [5, 5.41) is 6.82. The number of primary amides is 1. The number of aryl methyl sites for hydroxylation is 1. The van der Waals surface area contributed by atoms with Gasteiger partial charge in [-0.25, -0.2) is 9.97 Å². The summed E-state index contributed by atoms with van der Waals surface area (Å²) in [5.74, 6) is 1.88. The van der Waals surface area contributed by atoms with E-state index < -0.39 is 0 Å². The Morgan fingerprint density at radius 3 is 2.91 bits per heavy atom. The number of anilines is 1. The van der Waals surface area contributed by atoms with Gasteiger partial charge in [0.15, 0.2) is 11.6 Å². The Kier molecular flexibility index (Phi) is 4.30. The van der Waals surface area contributed by atoms with Gasteiger partial charge in [0.05, 0.1) is 12.1 Å². The fraction of sp³-hybridized carbons (Fsp3) is 0.318. The number of H-pyrrole nitrogens is 1. The molecule has 0 saturated carbocycles.